The quantitative estimate of drug-likeness (QED) is 0.864. The number of hydrogen-bond acceptors (Lipinski definition) is 7. The molecule has 0 bridgehead atoms. The van der Waals surface area contributed by atoms with Crippen LogP contribution in [0, 0.1) is 20.8 Å². The first-order valence-corrected chi connectivity index (χ1v) is 8.37. The lowest BCUT2D eigenvalue weighted by Crippen LogP contribution is -2.29. The molecule has 8 heteroatoms. The number of hydrogen-bond donors (Lipinski definition) is 2. The predicted molar refractivity (Wildman–Crippen MR) is 95.9 cm³/mol. The van der Waals surface area contributed by atoms with Crippen LogP contribution in [0.3, 0.4) is 0 Å². The maximum absolute atomic E-state index is 11.9. The summed E-state index contributed by atoms with van der Waals surface area (Å²) in [5.41, 5.74) is 2.72. The molecule has 1 amide bonds. The molecule has 3 rings (SSSR count). The summed E-state index contributed by atoms with van der Waals surface area (Å²) in [6.07, 6.45) is 0.966. The van der Waals surface area contributed by atoms with Gasteiger partial charge in [-0.1, -0.05) is 0 Å². The Balaban J connectivity index is 1.76. The zero-order valence-corrected chi connectivity index (χ0v) is 15.0. The maximum Gasteiger partial charge on any atom is 0.288 e. The fraction of sp³-hybridized carbons (Fsp3) is 0.471. The van der Waals surface area contributed by atoms with E-state index in [9.17, 15) is 4.79 Å². The van der Waals surface area contributed by atoms with Crippen LogP contribution >= 0.6 is 0 Å². The highest BCUT2D eigenvalue weighted by Crippen LogP contribution is 2.25. The van der Waals surface area contributed by atoms with Gasteiger partial charge in [-0.3, -0.25) is 4.79 Å². The summed E-state index contributed by atoms with van der Waals surface area (Å²) in [4.78, 5) is 22.9. The summed E-state index contributed by atoms with van der Waals surface area (Å²) in [7, 11) is 1.58. The molecule has 8 nitrogen and oxygen atoms in total. The van der Waals surface area contributed by atoms with Gasteiger partial charge in [-0.05, 0) is 39.3 Å². The molecule has 1 fully saturated rings. The molecule has 2 N–H and O–H groups in total. The minimum Gasteiger partial charge on any atom is -0.364 e. The molecule has 0 unspecified atom stereocenters. The third-order valence-corrected chi connectivity index (χ3v) is 4.43. The maximum atomic E-state index is 11.9. The molecule has 0 aromatic carbocycles. The van der Waals surface area contributed by atoms with Crippen molar-refractivity contribution in [3.63, 3.8) is 0 Å². The van der Waals surface area contributed by atoms with Gasteiger partial charge in [0, 0.05) is 37.4 Å². The van der Waals surface area contributed by atoms with Crippen LogP contribution in [0.25, 0.3) is 0 Å². The highest BCUT2D eigenvalue weighted by Gasteiger charge is 2.26. The van der Waals surface area contributed by atoms with Crippen LogP contribution in [0.2, 0.25) is 0 Å². The third-order valence-electron chi connectivity index (χ3n) is 4.43. The van der Waals surface area contributed by atoms with Crippen LogP contribution in [-0.2, 0) is 0 Å². The molecule has 25 heavy (non-hydrogen) atoms. The third kappa shape index (κ3) is 3.67. The van der Waals surface area contributed by atoms with E-state index in [1.165, 1.54) is 0 Å². The predicted octanol–water partition coefficient (Wildman–Crippen LogP) is 1.24. The number of nitrogens with zero attached hydrogens (tertiary/aromatic N) is 5. The van der Waals surface area contributed by atoms with Gasteiger partial charge >= 0.3 is 0 Å². The first-order valence-electron chi connectivity index (χ1n) is 8.37. The van der Waals surface area contributed by atoms with Crippen molar-refractivity contribution in [1.82, 2.24) is 25.5 Å². The van der Waals surface area contributed by atoms with E-state index in [-0.39, 0.29) is 17.8 Å². The average Bonchev–Trinajstić information content (AvgIpc) is 3.06. The van der Waals surface area contributed by atoms with E-state index in [0.717, 1.165) is 48.1 Å². The molecule has 0 saturated carbocycles. The molecule has 3 heterocycles. The lowest BCUT2D eigenvalue weighted by Gasteiger charge is -2.21. The Bertz CT molecular complexity index is 775. The van der Waals surface area contributed by atoms with Gasteiger partial charge in [0.15, 0.2) is 0 Å². The second-order valence-electron chi connectivity index (χ2n) is 6.30. The summed E-state index contributed by atoms with van der Waals surface area (Å²) < 4.78 is 0. The summed E-state index contributed by atoms with van der Waals surface area (Å²) in [6.45, 7) is 7.46. The number of carbonyl (C=O) groups excluding carboxylic acids is 1. The van der Waals surface area contributed by atoms with Gasteiger partial charge in [0.25, 0.3) is 5.91 Å². The van der Waals surface area contributed by atoms with Crippen LogP contribution in [0.1, 0.15) is 34.0 Å². The van der Waals surface area contributed by atoms with Crippen molar-refractivity contribution >= 4 is 17.5 Å². The van der Waals surface area contributed by atoms with Crippen molar-refractivity contribution in [1.29, 1.82) is 0 Å². The Morgan fingerprint density at radius 1 is 1.20 bits per heavy atom. The highest BCUT2D eigenvalue weighted by molar-refractivity contribution is 5.90. The van der Waals surface area contributed by atoms with E-state index in [1.54, 1.807) is 7.05 Å². The lowest BCUT2D eigenvalue weighted by atomic mass is 10.2. The van der Waals surface area contributed by atoms with Crippen LogP contribution in [0.15, 0.2) is 12.1 Å². The highest BCUT2D eigenvalue weighted by atomic mass is 16.2. The van der Waals surface area contributed by atoms with Gasteiger partial charge in [-0.15, -0.1) is 5.10 Å². The molecular formula is C17H23N7O. The number of carbonyl (C=O) groups is 1. The van der Waals surface area contributed by atoms with Crippen molar-refractivity contribution in [3.8, 4) is 0 Å². The molecule has 0 aliphatic carbocycles. The molecule has 1 atom stereocenters. The van der Waals surface area contributed by atoms with Crippen LogP contribution in [0.4, 0.5) is 11.6 Å². The minimum atomic E-state index is -0.270. The topological polar surface area (TPSA) is 95.9 Å². The standard InChI is InChI=1S/C17H23N7O/c1-10-5-6-14(23-22-10)20-13-7-8-24(9-13)16-11(2)12(3)19-15(21-16)17(25)18-4/h5-6,13H,7-9H2,1-4H3,(H,18,25)(H,20,23)/t13-/m1/s1. The molecule has 132 valence electrons. The number of nitrogens with one attached hydrogen (secondary N) is 2. The number of aromatic nitrogens is 4. The van der Waals surface area contributed by atoms with Gasteiger partial charge < -0.3 is 15.5 Å². The molecular weight excluding hydrogens is 318 g/mol. The van der Waals surface area contributed by atoms with E-state index in [4.69, 9.17) is 0 Å². The molecule has 1 saturated heterocycles. The first kappa shape index (κ1) is 17.1. The smallest absolute Gasteiger partial charge is 0.288 e. The van der Waals surface area contributed by atoms with Crippen LogP contribution in [-0.4, -0.2) is 52.3 Å². The van der Waals surface area contributed by atoms with Gasteiger partial charge in [-0.2, -0.15) is 5.10 Å². The summed E-state index contributed by atoms with van der Waals surface area (Å²) >= 11 is 0. The van der Waals surface area contributed by atoms with Crippen molar-refractivity contribution in [3.05, 3.63) is 34.9 Å². The SMILES string of the molecule is CNC(=O)c1nc(C)c(C)c(N2CC[C@@H](Nc3ccc(C)nn3)C2)n1. The summed E-state index contributed by atoms with van der Waals surface area (Å²) in [5.74, 6) is 1.54. The molecule has 1 aliphatic heterocycles. The lowest BCUT2D eigenvalue weighted by molar-refractivity contribution is 0.0952. The number of rotatable bonds is 4. The van der Waals surface area contributed by atoms with E-state index >= 15 is 0 Å². The summed E-state index contributed by atoms with van der Waals surface area (Å²) in [6, 6.07) is 4.14. The van der Waals surface area contributed by atoms with Gasteiger partial charge in [0.2, 0.25) is 5.82 Å². The minimum absolute atomic E-state index is 0.210. The van der Waals surface area contributed by atoms with Crippen molar-refractivity contribution < 1.29 is 4.79 Å². The first-order chi connectivity index (χ1) is 12.0. The molecule has 2 aromatic rings. The van der Waals surface area contributed by atoms with Gasteiger partial charge in [0.05, 0.1) is 5.69 Å². The van der Waals surface area contributed by atoms with Crippen LogP contribution < -0.4 is 15.5 Å². The largest absolute Gasteiger partial charge is 0.364 e. The summed E-state index contributed by atoms with van der Waals surface area (Å²) in [5, 5.41) is 14.2. The Labute approximate surface area is 147 Å². The van der Waals surface area contributed by atoms with E-state index < -0.39 is 0 Å². The Kier molecular flexibility index (Phi) is 4.78. The second kappa shape index (κ2) is 7.00. The van der Waals surface area contributed by atoms with E-state index in [1.807, 2.05) is 32.9 Å². The normalized spacial score (nSPS) is 16.8. The number of amides is 1. The second-order valence-corrected chi connectivity index (χ2v) is 6.30. The number of aryl methyl sites for hydroxylation is 2. The fourth-order valence-corrected chi connectivity index (χ4v) is 2.89. The molecule has 0 spiro atoms. The van der Waals surface area contributed by atoms with Gasteiger partial charge in [-0.25, -0.2) is 9.97 Å². The van der Waals surface area contributed by atoms with Crippen molar-refractivity contribution in [2.75, 3.05) is 30.4 Å². The Morgan fingerprint density at radius 3 is 2.68 bits per heavy atom. The monoisotopic (exact) mass is 341 g/mol. The Morgan fingerprint density at radius 2 is 2.00 bits per heavy atom. The molecule has 0 radical (unpaired) electrons. The molecule has 1 aliphatic rings. The fourth-order valence-electron chi connectivity index (χ4n) is 2.89. The molecule has 2 aromatic heterocycles. The van der Waals surface area contributed by atoms with E-state index in [2.05, 4.69) is 35.7 Å². The van der Waals surface area contributed by atoms with E-state index in [0.29, 0.717) is 0 Å². The van der Waals surface area contributed by atoms with Crippen molar-refractivity contribution in [2.45, 2.75) is 33.2 Å². The van der Waals surface area contributed by atoms with Crippen LogP contribution in [0.5, 0.6) is 0 Å². The number of anilines is 2. The zero-order valence-electron chi connectivity index (χ0n) is 15.0. The Hall–Kier alpha value is -2.77. The average molecular weight is 341 g/mol. The van der Waals surface area contributed by atoms with Gasteiger partial charge in [0.1, 0.15) is 11.6 Å². The van der Waals surface area contributed by atoms with Crippen molar-refractivity contribution in [2.24, 2.45) is 0 Å². The zero-order chi connectivity index (χ0) is 18.0.